The fourth-order valence-corrected chi connectivity index (χ4v) is 3.68. The SMILES string of the molecule is COc1ccc(Cl)cc1NC(=O)CSc1nnc(-c2ccccn2)n1-n1cccc1. The first-order valence-electron chi connectivity index (χ1n) is 8.92. The van der Waals surface area contributed by atoms with E-state index in [1.165, 1.54) is 18.9 Å². The molecule has 0 saturated carbocycles. The lowest BCUT2D eigenvalue weighted by Crippen LogP contribution is -2.16. The maximum Gasteiger partial charge on any atom is 0.234 e. The number of benzene rings is 1. The second kappa shape index (κ2) is 9.02. The van der Waals surface area contributed by atoms with Gasteiger partial charge in [0.25, 0.3) is 0 Å². The van der Waals surface area contributed by atoms with Crippen LogP contribution in [0.1, 0.15) is 0 Å². The van der Waals surface area contributed by atoms with E-state index in [2.05, 4.69) is 20.5 Å². The summed E-state index contributed by atoms with van der Waals surface area (Å²) in [6, 6.07) is 14.4. The number of aromatic nitrogens is 5. The van der Waals surface area contributed by atoms with Crippen molar-refractivity contribution in [3.63, 3.8) is 0 Å². The fourth-order valence-electron chi connectivity index (χ4n) is 2.77. The van der Waals surface area contributed by atoms with Gasteiger partial charge >= 0.3 is 0 Å². The average Bonchev–Trinajstić information content (AvgIpc) is 3.42. The minimum absolute atomic E-state index is 0.122. The van der Waals surface area contributed by atoms with Crippen molar-refractivity contribution in [1.82, 2.24) is 24.5 Å². The molecule has 30 heavy (non-hydrogen) atoms. The number of amides is 1. The third-order valence-electron chi connectivity index (χ3n) is 4.09. The van der Waals surface area contributed by atoms with Crippen LogP contribution in [0.15, 0.2) is 72.3 Å². The van der Waals surface area contributed by atoms with Crippen molar-refractivity contribution in [2.45, 2.75) is 5.16 Å². The zero-order valence-corrected chi connectivity index (χ0v) is 17.5. The third-order valence-corrected chi connectivity index (χ3v) is 5.25. The summed E-state index contributed by atoms with van der Waals surface area (Å²) < 4.78 is 8.91. The average molecular weight is 441 g/mol. The molecule has 152 valence electrons. The molecule has 1 aromatic carbocycles. The van der Waals surface area contributed by atoms with E-state index in [1.807, 2.05) is 47.4 Å². The number of rotatable bonds is 7. The molecule has 0 aliphatic heterocycles. The Morgan fingerprint density at radius 2 is 2.00 bits per heavy atom. The Balaban J connectivity index is 1.55. The van der Waals surface area contributed by atoms with Gasteiger partial charge in [0.2, 0.25) is 16.9 Å². The molecule has 0 saturated heterocycles. The maximum atomic E-state index is 12.5. The van der Waals surface area contributed by atoms with Crippen molar-refractivity contribution in [3.8, 4) is 17.3 Å². The minimum Gasteiger partial charge on any atom is -0.495 e. The van der Waals surface area contributed by atoms with Crippen LogP contribution in [0.25, 0.3) is 11.5 Å². The Kier molecular flexibility index (Phi) is 6.01. The number of anilines is 1. The van der Waals surface area contributed by atoms with Gasteiger partial charge in [-0.05, 0) is 42.5 Å². The monoisotopic (exact) mass is 440 g/mol. The highest BCUT2D eigenvalue weighted by molar-refractivity contribution is 7.99. The Morgan fingerprint density at radius 1 is 1.17 bits per heavy atom. The first kappa shape index (κ1) is 20.0. The largest absolute Gasteiger partial charge is 0.495 e. The topological polar surface area (TPSA) is 86.9 Å². The van der Waals surface area contributed by atoms with E-state index in [9.17, 15) is 4.79 Å². The summed E-state index contributed by atoms with van der Waals surface area (Å²) in [6.45, 7) is 0. The number of hydrogen-bond acceptors (Lipinski definition) is 6. The normalized spacial score (nSPS) is 10.7. The molecule has 4 aromatic rings. The predicted molar refractivity (Wildman–Crippen MR) is 116 cm³/mol. The van der Waals surface area contributed by atoms with Gasteiger partial charge in [0.15, 0.2) is 0 Å². The second-order valence-corrected chi connectivity index (χ2v) is 7.46. The van der Waals surface area contributed by atoms with Gasteiger partial charge < -0.3 is 10.1 Å². The van der Waals surface area contributed by atoms with Crippen molar-refractivity contribution in [1.29, 1.82) is 0 Å². The molecule has 0 aliphatic rings. The third kappa shape index (κ3) is 4.32. The molecule has 3 heterocycles. The highest BCUT2D eigenvalue weighted by atomic mass is 35.5. The molecule has 10 heteroatoms. The highest BCUT2D eigenvalue weighted by Crippen LogP contribution is 2.28. The lowest BCUT2D eigenvalue weighted by atomic mass is 10.3. The van der Waals surface area contributed by atoms with Gasteiger partial charge in [0, 0.05) is 23.6 Å². The van der Waals surface area contributed by atoms with Crippen molar-refractivity contribution in [2.24, 2.45) is 0 Å². The number of nitrogens with zero attached hydrogens (tertiary/aromatic N) is 5. The minimum atomic E-state index is -0.220. The van der Waals surface area contributed by atoms with Crippen LogP contribution in [0, 0.1) is 0 Å². The molecule has 0 atom stereocenters. The van der Waals surface area contributed by atoms with Gasteiger partial charge in [-0.3, -0.25) is 14.5 Å². The number of ether oxygens (including phenoxy) is 1. The van der Waals surface area contributed by atoms with Gasteiger partial charge in [0.05, 0.1) is 18.6 Å². The Bertz CT molecular complexity index is 1150. The van der Waals surface area contributed by atoms with Crippen LogP contribution in [0.2, 0.25) is 5.02 Å². The van der Waals surface area contributed by atoms with Crippen LogP contribution < -0.4 is 10.1 Å². The highest BCUT2D eigenvalue weighted by Gasteiger charge is 2.18. The van der Waals surface area contributed by atoms with E-state index in [-0.39, 0.29) is 11.7 Å². The number of thioether (sulfide) groups is 1. The zero-order valence-electron chi connectivity index (χ0n) is 15.9. The summed E-state index contributed by atoms with van der Waals surface area (Å²) >= 11 is 7.29. The van der Waals surface area contributed by atoms with Gasteiger partial charge in [-0.25, -0.2) is 4.68 Å². The summed E-state index contributed by atoms with van der Waals surface area (Å²) in [5.74, 6) is 1.01. The molecule has 1 amide bonds. The van der Waals surface area contributed by atoms with Crippen LogP contribution >= 0.6 is 23.4 Å². The first-order valence-corrected chi connectivity index (χ1v) is 10.3. The van der Waals surface area contributed by atoms with E-state index in [4.69, 9.17) is 16.3 Å². The summed E-state index contributed by atoms with van der Waals surface area (Å²) in [7, 11) is 1.53. The molecule has 8 nitrogen and oxygen atoms in total. The summed E-state index contributed by atoms with van der Waals surface area (Å²) in [5.41, 5.74) is 1.19. The number of pyridine rings is 1. The molecule has 0 radical (unpaired) electrons. The van der Waals surface area contributed by atoms with Crippen LogP contribution in [0.3, 0.4) is 0 Å². The van der Waals surface area contributed by atoms with E-state index in [0.717, 1.165) is 0 Å². The molecule has 1 N–H and O–H groups in total. The van der Waals surface area contributed by atoms with E-state index in [0.29, 0.717) is 33.1 Å². The Labute approximate surface area is 181 Å². The van der Waals surface area contributed by atoms with E-state index < -0.39 is 0 Å². The van der Waals surface area contributed by atoms with Gasteiger partial charge in [-0.2, -0.15) is 0 Å². The standard InChI is InChI=1S/C20H17ClN6O2S/c1-29-17-8-7-14(21)12-16(17)23-18(28)13-30-20-25-24-19(15-6-2-3-9-22-15)27(20)26-10-4-5-11-26/h2-12H,13H2,1H3,(H,23,28). The molecule has 0 bridgehead atoms. The van der Waals surface area contributed by atoms with Crippen LogP contribution in [-0.2, 0) is 4.79 Å². The summed E-state index contributed by atoms with van der Waals surface area (Å²) in [4.78, 5) is 16.9. The summed E-state index contributed by atoms with van der Waals surface area (Å²) in [5, 5.41) is 12.4. The first-order chi connectivity index (χ1) is 14.7. The lowest BCUT2D eigenvalue weighted by Gasteiger charge is -2.12. The fraction of sp³-hybridized carbons (Fsp3) is 0.100. The molecule has 0 aliphatic carbocycles. The number of nitrogens with one attached hydrogen (secondary N) is 1. The molecule has 0 unspecified atom stereocenters. The second-order valence-electron chi connectivity index (χ2n) is 6.08. The number of carbonyl (C=O) groups is 1. The van der Waals surface area contributed by atoms with Crippen molar-refractivity contribution in [2.75, 3.05) is 18.2 Å². The zero-order chi connectivity index (χ0) is 20.9. The van der Waals surface area contributed by atoms with Gasteiger partial charge in [-0.1, -0.05) is 29.4 Å². The lowest BCUT2D eigenvalue weighted by molar-refractivity contribution is -0.113. The molecule has 0 fully saturated rings. The Hall–Kier alpha value is -3.30. The van der Waals surface area contributed by atoms with Gasteiger partial charge in [0.1, 0.15) is 11.4 Å². The molecular weight excluding hydrogens is 424 g/mol. The van der Waals surface area contributed by atoms with Crippen molar-refractivity contribution >= 4 is 35.0 Å². The smallest absolute Gasteiger partial charge is 0.234 e. The molecule has 3 aromatic heterocycles. The van der Waals surface area contributed by atoms with Crippen LogP contribution in [-0.4, -0.2) is 43.3 Å². The van der Waals surface area contributed by atoms with Crippen LogP contribution in [0.4, 0.5) is 5.69 Å². The van der Waals surface area contributed by atoms with Gasteiger partial charge in [-0.15, -0.1) is 10.2 Å². The van der Waals surface area contributed by atoms with E-state index >= 15 is 0 Å². The van der Waals surface area contributed by atoms with Crippen molar-refractivity contribution < 1.29 is 9.53 Å². The Morgan fingerprint density at radius 3 is 2.73 bits per heavy atom. The molecular formula is C20H17ClN6O2S. The number of carbonyl (C=O) groups excluding carboxylic acids is 1. The predicted octanol–water partition coefficient (Wildman–Crippen LogP) is 3.85. The molecule has 4 rings (SSSR count). The molecule has 0 spiro atoms. The maximum absolute atomic E-state index is 12.5. The number of hydrogen-bond donors (Lipinski definition) is 1. The van der Waals surface area contributed by atoms with Crippen LogP contribution in [0.5, 0.6) is 5.75 Å². The van der Waals surface area contributed by atoms with E-state index in [1.54, 1.807) is 29.1 Å². The number of halogens is 1. The summed E-state index contributed by atoms with van der Waals surface area (Å²) in [6.07, 6.45) is 5.44. The number of methoxy groups -OCH3 is 1. The quantitative estimate of drug-likeness (QED) is 0.439. The van der Waals surface area contributed by atoms with Crippen molar-refractivity contribution in [3.05, 3.63) is 72.1 Å².